The molecule has 0 aromatic carbocycles. The van der Waals surface area contributed by atoms with Gasteiger partial charge in [0.05, 0.1) is 17.8 Å². The number of rotatable bonds is 5. The van der Waals surface area contributed by atoms with Gasteiger partial charge in [-0.3, -0.25) is 0 Å². The van der Waals surface area contributed by atoms with Crippen molar-refractivity contribution in [3.63, 3.8) is 0 Å². The van der Waals surface area contributed by atoms with E-state index in [0.29, 0.717) is 6.04 Å². The molecule has 118 valence electrons. The second kappa shape index (κ2) is 6.32. The fraction of sp³-hybridized carbons (Fsp3) is 0.812. The Morgan fingerprint density at radius 2 is 2.24 bits per heavy atom. The van der Waals surface area contributed by atoms with Crippen LogP contribution in [0.3, 0.4) is 0 Å². The molecule has 21 heavy (non-hydrogen) atoms. The molecule has 5 heteroatoms. The van der Waals surface area contributed by atoms with Crippen LogP contribution in [0.5, 0.6) is 0 Å². The first kappa shape index (κ1) is 15.4. The molecule has 1 aromatic heterocycles. The van der Waals surface area contributed by atoms with Crippen LogP contribution in [0.2, 0.25) is 0 Å². The number of nitrogens with one attached hydrogen (secondary N) is 1. The number of nitrogens with zero attached hydrogens (tertiary/aromatic N) is 2. The molecule has 2 unspecified atom stereocenters. The monoisotopic (exact) mass is 309 g/mol. The third-order valence-electron chi connectivity index (χ3n) is 4.94. The fourth-order valence-corrected chi connectivity index (χ4v) is 4.93. The lowest BCUT2D eigenvalue weighted by molar-refractivity contribution is 0.183. The smallest absolute Gasteiger partial charge is 0.115 e. The summed E-state index contributed by atoms with van der Waals surface area (Å²) in [5.74, 6) is 0. The Morgan fingerprint density at radius 3 is 2.90 bits per heavy atom. The summed E-state index contributed by atoms with van der Waals surface area (Å²) in [6.07, 6.45) is 6.17. The van der Waals surface area contributed by atoms with Gasteiger partial charge in [0.25, 0.3) is 0 Å². The van der Waals surface area contributed by atoms with Crippen LogP contribution in [-0.4, -0.2) is 49.8 Å². The number of methoxy groups -OCH3 is 1. The highest BCUT2D eigenvalue weighted by atomic mass is 32.1. The van der Waals surface area contributed by atoms with Crippen LogP contribution in [0.15, 0.2) is 0 Å². The molecule has 1 aliphatic carbocycles. The molecular formula is C16H27N3OS. The molecule has 1 N–H and O–H groups in total. The van der Waals surface area contributed by atoms with Crippen molar-refractivity contribution < 1.29 is 4.74 Å². The lowest BCUT2D eigenvalue weighted by Gasteiger charge is -2.28. The van der Waals surface area contributed by atoms with Crippen LogP contribution < -0.4 is 5.32 Å². The van der Waals surface area contributed by atoms with Crippen molar-refractivity contribution in [2.75, 3.05) is 33.9 Å². The third kappa shape index (κ3) is 3.02. The van der Waals surface area contributed by atoms with Crippen LogP contribution in [0, 0.1) is 0 Å². The first-order valence-corrected chi connectivity index (χ1v) is 8.89. The minimum absolute atomic E-state index is 0.0225. The van der Waals surface area contributed by atoms with Gasteiger partial charge in [-0.15, -0.1) is 11.3 Å². The van der Waals surface area contributed by atoms with Gasteiger partial charge in [0.15, 0.2) is 0 Å². The Bertz CT molecular complexity index is 454. The molecule has 4 nitrogen and oxygen atoms in total. The molecule has 0 bridgehead atoms. The first-order chi connectivity index (χ1) is 10.1. The van der Waals surface area contributed by atoms with Gasteiger partial charge in [0.1, 0.15) is 5.01 Å². The molecule has 0 spiro atoms. The number of aromatic nitrogens is 1. The average Bonchev–Trinajstić information content (AvgIpc) is 3.02. The number of fused-ring (bicyclic) bond motifs is 1. The van der Waals surface area contributed by atoms with Crippen molar-refractivity contribution in [2.24, 2.45) is 0 Å². The molecule has 3 rings (SSSR count). The van der Waals surface area contributed by atoms with Gasteiger partial charge in [-0.1, -0.05) is 0 Å². The summed E-state index contributed by atoms with van der Waals surface area (Å²) < 4.78 is 5.22. The predicted octanol–water partition coefficient (Wildman–Crippen LogP) is 2.18. The molecular weight excluding hydrogens is 282 g/mol. The fourth-order valence-electron chi connectivity index (χ4n) is 3.61. The molecule has 1 fully saturated rings. The lowest BCUT2D eigenvalue weighted by Crippen LogP contribution is -2.45. The maximum Gasteiger partial charge on any atom is 0.115 e. The standard InChI is InChI=1S/C16H27N3OS/c1-12-10-16(11-19(12)2,17-8-9-20-3)15-18-13-6-4-5-7-14(13)21-15/h12,17H,4-11H2,1-3H3. The maximum absolute atomic E-state index is 5.22. The van der Waals surface area contributed by atoms with E-state index in [-0.39, 0.29) is 5.54 Å². The van der Waals surface area contributed by atoms with Gasteiger partial charge in [-0.05, 0) is 46.1 Å². The highest BCUT2D eigenvalue weighted by molar-refractivity contribution is 7.11. The summed E-state index contributed by atoms with van der Waals surface area (Å²) in [6.45, 7) is 5.00. The van der Waals surface area contributed by atoms with Crippen molar-refractivity contribution in [3.05, 3.63) is 15.6 Å². The van der Waals surface area contributed by atoms with Gasteiger partial charge >= 0.3 is 0 Å². The van der Waals surface area contributed by atoms with Gasteiger partial charge in [-0.25, -0.2) is 4.98 Å². The summed E-state index contributed by atoms with van der Waals surface area (Å²) in [5, 5.41) is 5.07. The summed E-state index contributed by atoms with van der Waals surface area (Å²) in [5.41, 5.74) is 1.39. The maximum atomic E-state index is 5.22. The number of likely N-dealkylation sites (N-methyl/N-ethyl adjacent to an activating group) is 1. The highest BCUT2D eigenvalue weighted by Crippen LogP contribution is 2.39. The van der Waals surface area contributed by atoms with E-state index in [1.54, 1.807) is 7.11 Å². The summed E-state index contributed by atoms with van der Waals surface area (Å²) in [7, 11) is 3.98. The largest absolute Gasteiger partial charge is 0.383 e. The molecule has 0 saturated carbocycles. The van der Waals surface area contributed by atoms with Crippen LogP contribution in [0.1, 0.15) is 41.8 Å². The van der Waals surface area contributed by atoms with Crippen molar-refractivity contribution in [2.45, 2.75) is 50.6 Å². The quantitative estimate of drug-likeness (QED) is 0.846. The number of ether oxygens (including phenoxy) is 1. The van der Waals surface area contributed by atoms with Crippen LogP contribution in [0.4, 0.5) is 0 Å². The SMILES string of the molecule is COCCNC1(c2nc3c(s2)CCCC3)CC(C)N(C)C1. The van der Waals surface area contributed by atoms with Gasteiger partial charge in [0, 0.05) is 31.1 Å². The average molecular weight is 309 g/mol. The normalized spacial score (nSPS) is 29.8. The van der Waals surface area contributed by atoms with Crippen LogP contribution >= 0.6 is 11.3 Å². The molecule has 2 heterocycles. The number of aryl methyl sites for hydroxylation is 2. The van der Waals surface area contributed by atoms with E-state index < -0.39 is 0 Å². The van der Waals surface area contributed by atoms with E-state index in [9.17, 15) is 0 Å². The van der Waals surface area contributed by atoms with Crippen LogP contribution in [-0.2, 0) is 23.1 Å². The zero-order valence-electron chi connectivity index (χ0n) is 13.4. The third-order valence-corrected chi connectivity index (χ3v) is 6.30. The van der Waals surface area contributed by atoms with E-state index in [1.165, 1.54) is 41.3 Å². The molecule has 1 aromatic rings. The van der Waals surface area contributed by atoms with Crippen LogP contribution in [0.25, 0.3) is 0 Å². The number of hydrogen-bond donors (Lipinski definition) is 1. The topological polar surface area (TPSA) is 37.4 Å². The zero-order chi connectivity index (χ0) is 14.9. The lowest BCUT2D eigenvalue weighted by atomic mass is 9.96. The van der Waals surface area contributed by atoms with E-state index in [0.717, 1.165) is 26.1 Å². The molecule has 0 amide bonds. The minimum Gasteiger partial charge on any atom is -0.383 e. The second-order valence-corrected chi connectivity index (χ2v) is 7.65. The Hall–Kier alpha value is -0.490. The predicted molar refractivity (Wildman–Crippen MR) is 87.0 cm³/mol. The number of thiazole rings is 1. The Balaban J connectivity index is 1.86. The summed E-state index contributed by atoms with van der Waals surface area (Å²) >= 11 is 1.95. The zero-order valence-corrected chi connectivity index (χ0v) is 14.3. The molecule has 0 radical (unpaired) electrons. The van der Waals surface area contributed by atoms with Crippen molar-refractivity contribution in [1.29, 1.82) is 0 Å². The van der Waals surface area contributed by atoms with Crippen molar-refractivity contribution in [3.8, 4) is 0 Å². The first-order valence-electron chi connectivity index (χ1n) is 8.08. The molecule has 1 aliphatic heterocycles. The molecule has 2 aliphatic rings. The molecule has 1 saturated heterocycles. The number of hydrogen-bond acceptors (Lipinski definition) is 5. The van der Waals surface area contributed by atoms with E-state index in [4.69, 9.17) is 9.72 Å². The number of likely N-dealkylation sites (tertiary alicyclic amines) is 1. The summed E-state index contributed by atoms with van der Waals surface area (Å²) in [4.78, 5) is 9.02. The van der Waals surface area contributed by atoms with E-state index >= 15 is 0 Å². The van der Waals surface area contributed by atoms with Gasteiger partial charge in [-0.2, -0.15) is 0 Å². The van der Waals surface area contributed by atoms with E-state index in [1.807, 2.05) is 11.3 Å². The van der Waals surface area contributed by atoms with Crippen molar-refractivity contribution >= 4 is 11.3 Å². The van der Waals surface area contributed by atoms with E-state index in [2.05, 4.69) is 24.2 Å². The second-order valence-electron chi connectivity index (χ2n) is 6.57. The van der Waals surface area contributed by atoms with Crippen molar-refractivity contribution in [1.82, 2.24) is 15.2 Å². The Kier molecular flexibility index (Phi) is 4.64. The minimum atomic E-state index is 0.0225. The van der Waals surface area contributed by atoms with Gasteiger partial charge < -0.3 is 15.0 Å². The molecule has 2 atom stereocenters. The Labute approximate surface area is 131 Å². The Morgan fingerprint density at radius 1 is 1.43 bits per heavy atom. The summed E-state index contributed by atoms with van der Waals surface area (Å²) in [6, 6.07) is 0.598. The van der Waals surface area contributed by atoms with Gasteiger partial charge in [0.2, 0.25) is 0 Å². The highest BCUT2D eigenvalue weighted by Gasteiger charge is 2.44.